The van der Waals surface area contributed by atoms with Gasteiger partial charge in [0.05, 0.1) is 40.1 Å². The molecular weight excluding hydrogens is 464 g/mol. The quantitative estimate of drug-likeness (QED) is 0.216. The van der Waals surface area contributed by atoms with E-state index < -0.39 is 11.8 Å². The summed E-state index contributed by atoms with van der Waals surface area (Å²) in [4.78, 5) is 34.7. The minimum absolute atomic E-state index is 0.175. The number of fused-ring (bicyclic) bond motifs is 1. The van der Waals surface area contributed by atoms with Gasteiger partial charge in [-0.3, -0.25) is 25.3 Å². The number of carbonyl (C=O) groups excluding carboxylic acids is 1. The number of aromatic nitrogens is 2. The summed E-state index contributed by atoms with van der Waals surface area (Å²) in [5.74, 6) is -0.339. The normalized spacial score (nSPS) is 11.6. The summed E-state index contributed by atoms with van der Waals surface area (Å²) in [6.45, 7) is 2.04. The predicted molar refractivity (Wildman–Crippen MR) is 139 cm³/mol. The number of amides is 1. The molecule has 4 aromatic rings. The summed E-state index contributed by atoms with van der Waals surface area (Å²) >= 11 is 6.33. The van der Waals surface area contributed by atoms with Crippen molar-refractivity contribution in [1.29, 1.82) is 10.8 Å². The smallest absolute Gasteiger partial charge is 0.259 e. The van der Waals surface area contributed by atoms with Crippen molar-refractivity contribution in [2.45, 2.75) is 12.8 Å². The van der Waals surface area contributed by atoms with E-state index in [0.717, 1.165) is 23.8 Å². The average molecular weight is 487 g/mol. The molecule has 1 aromatic heterocycles. The molecule has 1 atom stereocenters. The highest BCUT2D eigenvalue weighted by molar-refractivity contribution is 6.34. The standard InChI is InChI=1S/C26H23ClN6O2/c1-16-6-5-9-22-23(16)26(35)32-24(31-22)20(17-7-3-2-4-8-17)13-30-25(34)19-11-10-18(12-21(19)27)33(14-28)15-29/h2-12,14-15,20,28-29H,13H2,1H3,(H,30,34)(H,31,32,35)/t20-/m0/s1. The molecule has 9 heteroatoms. The summed E-state index contributed by atoms with van der Waals surface area (Å²) in [5, 5.41) is 18.4. The van der Waals surface area contributed by atoms with E-state index in [1.165, 1.54) is 11.0 Å². The zero-order valence-electron chi connectivity index (χ0n) is 18.9. The molecule has 0 fully saturated rings. The molecule has 0 bridgehead atoms. The van der Waals surface area contributed by atoms with Crippen LogP contribution in [-0.2, 0) is 0 Å². The van der Waals surface area contributed by atoms with Gasteiger partial charge in [-0.15, -0.1) is 0 Å². The number of benzene rings is 3. The summed E-state index contributed by atoms with van der Waals surface area (Å²) in [5.41, 5.74) is 2.85. The van der Waals surface area contributed by atoms with Crippen LogP contribution < -0.4 is 15.8 Å². The van der Waals surface area contributed by atoms with Crippen molar-refractivity contribution < 1.29 is 4.79 Å². The Bertz CT molecular complexity index is 1460. The Kier molecular flexibility index (Phi) is 7.03. The number of aromatic amines is 1. The number of nitrogens with one attached hydrogen (secondary N) is 4. The fourth-order valence-electron chi connectivity index (χ4n) is 3.93. The highest BCUT2D eigenvalue weighted by Crippen LogP contribution is 2.25. The summed E-state index contributed by atoms with van der Waals surface area (Å²) in [7, 11) is 0. The maximum Gasteiger partial charge on any atom is 0.259 e. The van der Waals surface area contributed by atoms with Crippen LogP contribution in [0, 0.1) is 17.7 Å². The number of carbonyl (C=O) groups is 1. The molecular formula is C26H23ClN6O2. The molecule has 0 unspecified atom stereocenters. The van der Waals surface area contributed by atoms with Gasteiger partial charge in [0.25, 0.3) is 11.5 Å². The van der Waals surface area contributed by atoms with Crippen LogP contribution in [0.5, 0.6) is 0 Å². The molecule has 0 aliphatic rings. The molecule has 1 heterocycles. The Labute approximate surface area is 206 Å². The molecule has 1 amide bonds. The molecule has 3 aromatic carbocycles. The fourth-order valence-corrected chi connectivity index (χ4v) is 4.19. The third-order valence-electron chi connectivity index (χ3n) is 5.73. The van der Waals surface area contributed by atoms with Crippen molar-refractivity contribution in [2.75, 3.05) is 11.4 Å². The molecule has 176 valence electrons. The van der Waals surface area contributed by atoms with Crippen molar-refractivity contribution >= 4 is 46.8 Å². The van der Waals surface area contributed by atoms with E-state index in [4.69, 9.17) is 27.4 Å². The maximum atomic E-state index is 13.0. The summed E-state index contributed by atoms with van der Waals surface area (Å²) in [6.07, 6.45) is 1.95. The molecule has 0 radical (unpaired) electrons. The van der Waals surface area contributed by atoms with E-state index in [1.807, 2.05) is 49.4 Å². The average Bonchev–Trinajstić information content (AvgIpc) is 2.85. The zero-order chi connectivity index (χ0) is 24.9. The Morgan fingerprint density at radius 2 is 1.86 bits per heavy atom. The lowest BCUT2D eigenvalue weighted by atomic mass is 9.97. The molecule has 35 heavy (non-hydrogen) atoms. The lowest BCUT2D eigenvalue weighted by Crippen LogP contribution is -2.31. The largest absolute Gasteiger partial charge is 0.351 e. The lowest BCUT2D eigenvalue weighted by molar-refractivity contribution is 0.0952. The highest BCUT2D eigenvalue weighted by atomic mass is 35.5. The van der Waals surface area contributed by atoms with Crippen LogP contribution in [0.15, 0.2) is 71.5 Å². The van der Waals surface area contributed by atoms with Crippen molar-refractivity contribution in [3.8, 4) is 0 Å². The Hall–Kier alpha value is -4.30. The van der Waals surface area contributed by atoms with Crippen molar-refractivity contribution in [3.63, 3.8) is 0 Å². The van der Waals surface area contributed by atoms with Crippen LogP contribution in [0.4, 0.5) is 5.69 Å². The van der Waals surface area contributed by atoms with Crippen molar-refractivity contribution in [2.24, 2.45) is 0 Å². The molecule has 0 aliphatic heterocycles. The second-order valence-electron chi connectivity index (χ2n) is 7.92. The monoisotopic (exact) mass is 486 g/mol. The minimum atomic E-state index is -0.401. The first-order valence-electron chi connectivity index (χ1n) is 10.8. The van der Waals surface area contributed by atoms with E-state index in [0.29, 0.717) is 22.4 Å². The Morgan fingerprint density at radius 1 is 1.11 bits per heavy atom. The van der Waals surface area contributed by atoms with E-state index >= 15 is 0 Å². The number of H-pyrrole nitrogens is 1. The van der Waals surface area contributed by atoms with Crippen LogP contribution in [-0.4, -0.2) is 35.1 Å². The van der Waals surface area contributed by atoms with Gasteiger partial charge in [0.2, 0.25) is 0 Å². The van der Waals surface area contributed by atoms with Crippen LogP contribution >= 0.6 is 11.6 Å². The first kappa shape index (κ1) is 23.8. The van der Waals surface area contributed by atoms with Crippen LogP contribution in [0.2, 0.25) is 5.02 Å². The molecule has 0 spiro atoms. The second kappa shape index (κ2) is 10.3. The van der Waals surface area contributed by atoms with E-state index in [-0.39, 0.29) is 22.7 Å². The molecule has 0 aliphatic carbocycles. The molecule has 4 rings (SSSR count). The van der Waals surface area contributed by atoms with Gasteiger partial charge in [0.1, 0.15) is 5.82 Å². The maximum absolute atomic E-state index is 13.0. The second-order valence-corrected chi connectivity index (χ2v) is 8.33. The van der Waals surface area contributed by atoms with E-state index in [2.05, 4.69) is 10.3 Å². The Balaban J connectivity index is 1.65. The Morgan fingerprint density at radius 3 is 2.54 bits per heavy atom. The van der Waals surface area contributed by atoms with Gasteiger partial charge in [-0.2, -0.15) is 0 Å². The fraction of sp³-hybridized carbons (Fsp3) is 0.115. The number of aryl methyl sites for hydroxylation is 1. The van der Waals surface area contributed by atoms with Gasteiger partial charge in [-0.1, -0.05) is 54.1 Å². The van der Waals surface area contributed by atoms with Gasteiger partial charge in [0.15, 0.2) is 0 Å². The van der Waals surface area contributed by atoms with Crippen LogP contribution in [0.25, 0.3) is 10.9 Å². The highest BCUT2D eigenvalue weighted by Gasteiger charge is 2.21. The van der Waals surface area contributed by atoms with Gasteiger partial charge < -0.3 is 10.3 Å². The summed E-state index contributed by atoms with van der Waals surface area (Å²) in [6, 6.07) is 19.7. The first-order valence-corrected chi connectivity index (χ1v) is 11.2. The first-order chi connectivity index (χ1) is 16.9. The minimum Gasteiger partial charge on any atom is -0.351 e. The van der Waals surface area contributed by atoms with E-state index in [9.17, 15) is 9.59 Å². The van der Waals surface area contributed by atoms with Gasteiger partial charge >= 0.3 is 0 Å². The zero-order valence-corrected chi connectivity index (χ0v) is 19.6. The number of nitrogens with zero attached hydrogens (tertiary/aromatic N) is 2. The SMILES string of the molecule is Cc1cccc2nc([C@@H](CNC(=O)c3ccc(N(C=N)C=N)cc3Cl)c3ccccc3)[nH]c(=O)c12. The van der Waals surface area contributed by atoms with Crippen molar-refractivity contribution in [1.82, 2.24) is 15.3 Å². The van der Waals surface area contributed by atoms with Gasteiger partial charge in [0, 0.05) is 12.2 Å². The van der Waals surface area contributed by atoms with E-state index in [1.54, 1.807) is 18.2 Å². The third kappa shape index (κ3) is 4.97. The predicted octanol–water partition coefficient (Wildman–Crippen LogP) is 4.47. The number of halogens is 1. The van der Waals surface area contributed by atoms with Gasteiger partial charge in [-0.05, 0) is 42.3 Å². The lowest BCUT2D eigenvalue weighted by Gasteiger charge is -2.19. The van der Waals surface area contributed by atoms with Crippen LogP contribution in [0.1, 0.15) is 33.2 Å². The van der Waals surface area contributed by atoms with Gasteiger partial charge in [-0.25, -0.2) is 4.98 Å². The summed E-state index contributed by atoms with van der Waals surface area (Å²) < 4.78 is 0. The molecule has 0 saturated carbocycles. The number of anilines is 1. The number of rotatable bonds is 8. The number of hydrogen-bond acceptors (Lipinski definition) is 5. The molecule has 4 N–H and O–H groups in total. The van der Waals surface area contributed by atoms with Crippen molar-refractivity contribution in [3.05, 3.63) is 105 Å². The third-order valence-corrected chi connectivity index (χ3v) is 6.05. The van der Waals surface area contributed by atoms with Crippen LogP contribution in [0.3, 0.4) is 0 Å². The topological polar surface area (TPSA) is 126 Å². The number of hydrogen-bond donors (Lipinski definition) is 4. The molecule has 0 saturated heterocycles. The molecule has 8 nitrogen and oxygen atoms in total.